The maximum absolute atomic E-state index is 4.97. The van der Waals surface area contributed by atoms with E-state index < -0.39 is 0 Å². The van der Waals surface area contributed by atoms with Crippen LogP contribution in [0.25, 0.3) is 33.1 Å². The lowest BCUT2D eigenvalue weighted by atomic mass is 9.82. The van der Waals surface area contributed by atoms with E-state index >= 15 is 0 Å². The monoisotopic (exact) mass is 400 g/mol. The molecular weight excluding hydrogens is 368 g/mol. The molecule has 0 N–H and O–H groups in total. The molecule has 30 heavy (non-hydrogen) atoms. The molecule has 2 heterocycles. The van der Waals surface area contributed by atoms with Crippen molar-refractivity contribution in [2.24, 2.45) is 19.1 Å². The van der Waals surface area contributed by atoms with Crippen LogP contribution in [0.4, 0.5) is 0 Å². The Bertz CT molecular complexity index is 1320. The fourth-order valence-corrected chi connectivity index (χ4v) is 4.21. The highest BCUT2D eigenvalue weighted by Crippen LogP contribution is 2.36. The van der Waals surface area contributed by atoms with Gasteiger partial charge in [0.15, 0.2) is 0 Å². The van der Waals surface area contributed by atoms with Gasteiger partial charge in [-0.25, -0.2) is 4.99 Å². The van der Waals surface area contributed by atoms with Gasteiger partial charge in [-0.3, -0.25) is 4.98 Å². The van der Waals surface area contributed by atoms with Gasteiger partial charge in [-0.15, -0.1) is 0 Å². The number of fused-ring (bicyclic) bond motifs is 2. The molecule has 4 heteroatoms. The van der Waals surface area contributed by atoms with E-state index in [1.54, 1.807) is 0 Å². The molecule has 0 amide bonds. The van der Waals surface area contributed by atoms with Crippen LogP contribution in [0.2, 0.25) is 0 Å². The van der Waals surface area contributed by atoms with Gasteiger partial charge in [0.1, 0.15) is 0 Å². The zero-order chi connectivity index (χ0) is 21.8. The Labute approximate surface area is 178 Å². The third-order valence-electron chi connectivity index (χ3n) is 5.58. The van der Waals surface area contributed by atoms with Gasteiger partial charge < -0.3 is 9.13 Å². The zero-order valence-electron chi connectivity index (χ0n) is 19.4. The SMILES string of the molecule is Cn1c(=NC(C)(C)C)n(C)c2c(-c3cc(C(C)(C)C)c4ccccc4c3)nccc21. The van der Waals surface area contributed by atoms with Gasteiger partial charge in [-0.1, -0.05) is 45.0 Å². The van der Waals surface area contributed by atoms with Crippen LogP contribution in [-0.4, -0.2) is 19.7 Å². The predicted molar refractivity (Wildman–Crippen MR) is 127 cm³/mol. The van der Waals surface area contributed by atoms with Gasteiger partial charge in [0.2, 0.25) is 5.62 Å². The minimum atomic E-state index is -0.157. The number of pyridine rings is 1. The maximum atomic E-state index is 4.97. The summed E-state index contributed by atoms with van der Waals surface area (Å²) in [7, 11) is 4.17. The summed E-state index contributed by atoms with van der Waals surface area (Å²) in [5, 5.41) is 2.55. The standard InChI is InChI=1S/C26H32N4/c1-25(2,3)20-16-18(15-17-11-9-10-12-19(17)20)22-23-21(13-14-27-22)29(7)24(30(23)8)28-26(4,5)6/h9-16H,1-8H3. The van der Waals surface area contributed by atoms with Crippen molar-refractivity contribution in [2.45, 2.75) is 52.5 Å². The first-order chi connectivity index (χ1) is 14.0. The first-order valence-corrected chi connectivity index (χ1v) is 10.6. The Hall–Kier alpha value is -2.88. The van der Waals surface area contributed by atoms with Gasteiger partial charge in [-0.05, 0) is 60.7 Å². The topological polar surface area (TPSA) is 35.1 Å². The van der Waals surface area contributed by atoms with Crippen LogP contribution in [0.15, 0.2) is 53.7 Å². The molecule has 0 bridgehead atoms. The van der Waals surface area contributed by atoms with Crippen molar-refractivity contribution in [3.63, 3.8) is 0 Å². The second-order valence-electron chi connectivity index (χ2n) is 10.2. The van der Waals surface area contributed by atoms with Crippen LogP contribution in [0.5, 0.6) is 0 Å². The van der Waals surface area contributed by atoms with E-state index in [4.69, 9.17) is 9.98 Å². The molecule has 0 saturated heterocycles. The Kier molecular flexibility index (Phi) is 4.64. The summed E-state index contributed by atoms with van der Waals surface area (Å²) in [6.07, 6.45) is 1.91. The van der Waals surface area contributed by atoms with Crippen LogP contribution >= 0.6 is 0 Å². The summed E-state index contributed by atoms with van der Waals surface area (Å²) < 4.78 is 4.34. The number of imidazole rings is 1. The molecule has 4 aromatic rings. The lowest BCUT2D eigenvalue weighted by Gasteiger charge is -2.23. The van der Waals surface area contributed by atoms with E-state index in [9.17, 15) is 0 Å². The lowest BCUT2D eigenvalue weighted by Crippen LogP contribution is -2.27. The molecular formula is C26H32N4. The maximum Gasteiger partial charge on any atom is 0.205 e. The van der Waals surface area contributed by atoms with Crippen LogP contribution in [-0.2, 0) is 19.5 Å². The molecule has 156 valence electrons. The largest absolute Gasteiger partial charge is 0.313 e. The highest BCUT2D eigenvalue weighted by atomic mass is 15.2. The smallest absolute Gasteiger partial charge is 0.205 e. The second-order valence-corrected chi connectivity index (χ2v) is 10.2. The van der Waals surface area contributed by atoms with Crippen molar-refractivity contribution in [3.8, 4) is 11.3 Å². The highest BCUT2D eigenvalue weighted by molar-refractivity contribution is 5.96. The molecule has 0 atom stereocenters. The molecule has 2 aromatic heterocycles. The van der Waals surface area contributed by atoms with Crippen LogP contribution in [0, 0.1) is 0 Å². The first kappa shape index (κ1) is 20.4. The van der Waals surface area contributed by atoms with Gasteiger partial charge >= 0.3 is 0 Å². The first-order valence-electron chi connectivity index (χ1n) is 10.6. The summed E-state index contributed by atoms with van der Waals surface area (Å²) in [6, 6.07) is 15.3. The third-order valence-corrected chi connectivity index (χ3v) is 5.58. The highest BCUT2D eigenvalue weighted by Gasteiger charge is 2.21. The predicted octanol–water partition coefficient (Wildman–Crippen LogP) is 5.73. The van der Waals surface area contributed by atoms with Crippen LogP contribution < -0.4 is 5.62 Å². The number of hydrogen-bond donors (Lipinski definition) is 0. The van der Waals surface area contributed by atoms with E-state index in [0.29, 0.717) is 0 Å². The Morgan fingerprint density at radius 1 is 0.867 bits per heavy atom. The molecule has 4 nitrogen and oxygen atoms in total. The van der Waals surface area contributed by atoms with Crippen LogP contribution in [0.3, 0.4) is 0 Å². The van der Waals surface area contributed by atoms with E-state index in [0.717, 1.165) is 27.9 Å². The Balaban J connectivity index is 2.10. The summed E-state index contributed by atoms with van der Waals surface area (Å²) in [5.41, 5.74) is 6.56. The molecule has 0 aliphatic heterocycles. The van der Waals surface area contributed by atoms with Crippen molar-refractivity contribution in [1.29, 1.82) is 0 Å². The average Bonchev–Trinajstić information content (AvgIpc) is 2.90. The zero-order valence-corrected chi connectivity index (χ0v) is 19.4. The molecule has 0 aliphatic carbocycles. The molecule has 0 radical (unpaired) electrons. The minimum Gasteiger partial charge on any atom is -0.313 e. The number of aromatic nitrogens is 3. The minimum absolute atomic E-state index is 0.0368. The number of hydrogen-bond acceptors (Lipinski definition) is 2. The summed E-state index contributed by atoms with van der Waals surface area (Å²) in [4.78, 5) is 9.81. The molecule has 4 rings (SSSR count). The molecule has 0 fully saturated rings. The number of aryl methyl sites for hydroxylation is 2. The van der Waals surface area contributed by atoms with E-state index in [2.05, 4.69) is 107 Å². The average molecular weight is 401 g/mol. The fraction of sp³-hybridized carbons (Fsp3) is 0.385. The Morgan fingerprint density at radius 2 is 1.57 bits per heavy atom. The fourth-order valence-electron chi connectivity index (χ4n) is 4.21. The lowest BCUT2D eigenvalue weighted by molar-refractivity contribution is 0.537. The molecule has 0 spiro atoms. The van der Waals surface area contributed by atoms with Crippen molar-refractivity contribution < 1.29 is 0 Å². The van der Waals surface area contributed by atoms with Gasteiger partial charge in [0.05, 0.1) is 22.3 Å². The third kappa shape index (κ3) is 3.45. The second kappa shape index (κ2) is 6.83. The Morgan fingerprint density at radius 3 is 2.23 bits per heavy atom. The molecule has 2 aromatic carbocycles. The molecule has 0 aliphatic rings. The van der Waals surface area contributed by atoms with Crippen molar-refractivity contribution in [1.82, 2.24) is 14.1 Å². The number of nitrogens with zero attached hydrogens (tertiary/aromatic N) is 4. The van der Waals surface area contributed by atoms with Crippen molar-refractivity contribution in [2.75, 3.05) is 0 Å². The van der Waals surface area contributed by atoms with Crippen molar-refractivity contribution in [3.05, 3.63) is 59.8 Å². The van der Waals surface area contributed by atoms with Gasteiger partial charge in [-0.2, -0.15) is 0 Å². The number of benzene rings is 2. The summed E-state index contributed by atoms with van der Waals surface area (Å²) in [5.74, 6) is 0. The molecule has 0 unspecified atom stereocenters. The van der Waals surface area contributed by atoms with E-state index in [1.165, 1.54) is 16.3 Å². The molecule has 0 saturated carbocycles. The number of rotatable bonds is 1. The van der Waals surface area contributed by atoms with E-state index in [1.807, 2.05) is 6.20 Å². The van der Waals surface area contributed by atoms with E-state index in [-0.39, 0.29) is 11.0 Å². The van der Waals surface area contributed by atoms with Gasteiger partial charge in [0.25, 0.3) is 0 Å². The van der Waals surface area contributed by atoms with Gasteiger partial charge in [0, 0.05) is 25.9 Å². The summed E-state index contributed by atoms with van der Waals surface area (Å²) in [6.45, 7) is 13.2. The quantitative estimate of drug-likeness (QED) is 0.402. The van der Waals surface area contributed by atoms with Crippen LogP contribution in [0.1, 0.15) is 47.1 Å². The normalized spacial score (nSPS) is 13.5. The van der Waals surface area contributed by atoms with Crippen molar-refractivity contribution >= 4 is 21.8 Å². The summed E-state index contributed by atoms with van der Waals surface area (Å²) >= 11 is 0.